The topological polar surface area (TPSA) is 47.6 Å². The minimum atomic E-state index is 0.0465. The van der Waals surface area contributed by atoms with Crippen molar-refractivity contribution in [3.05, 3.63) is 0 Å². The van der Waals surface area contributed by atoms with Gasteiger partial charge in [-0.15, -0.1) is 0 Å². The third-order valence-corrected chi connectivity index (χ3v) is 1.17. The molecule has 4 heteroatoms. The van der Waals surface area contributed by atoms with Crippen molar-refractivity contribution in [3.63, 3.8) is 0 Å². The van der Waals surface area contributed by atoms with Gasteiger partial charge in [-0.1, -0.05) is 13.8 Å². The zero-order valence-electron chi connectivity index (χ0n) is 9.76. The molecule has 1 N–H and O–H groups in total. The van der Waals surface area contributed by atoms with E-state index in [0.29, 0.717) is 19.8 Å². The predicted octanol–water partition coefficient (Wildman–Crippen LogP) is 0.854. The third-order valence-electron chi connectivity index (χ3n) is 1.17. The molecule has 0 aliphatic carbocycles. The second-order valence-electron chi connectivity index (χ2n) is 2.47. The van der Waals surface area contributed by atoms with Crippen LogP contribution in [-0.2, 0) is 14.3 Å². The van der Waals surface area contributed by atoms with Crippen LogP contribution in [0.15, 0.2) is 0 Å². The molecular formula is C10H23NO3. The lowest BCUT2D eigenvalue weighted by Gasteiger charge is -2.03. The van der Waals surface area contributed by atoms with Crippen LogP contribution < -0.4 is 5.32 Å². The summed E-state index contributed by atoms with van der Waals surface area (Å²) in [7, 11) is 1.87. The highest BCUT2D eigenvalue weighted by atomic mass is 16.5. The number of rotatable bonds is 8. The van der Waals surface area contributed by atoms with Crippen LogP contribution in [0.25, 0.3) is 0 Å². The second kappa shape index (κ2) is 15.0. The number of hydrogen-bond acceptors (Lipinski definition) is 4. The fourth-order valence-electron chi connectivity index (χ4n) is 0.610. The minimum absolute atomic E-state index is 0.0465. The Morgan fingerprint density at radius 3 is 2.21 bits per heavy atom. The highest BCUT2D eigenvalue weighted by molar-refractivity contribution is 5.76. The van der Waals surface area contributed by atoms with Gasteiger partial charge in [0.25, 0.3) is 0 Å². The van der Waals surface area contributed by atoms with Crippen LogP contribution in [0.1, 0.15) is 20.8 Å². The summed E-state index contributed by atoms with van der Waals surface area (Å²) < 4.78 is 10.1. The molecule has 86 valence electrons. The van der Waals surface area contributed by atoms with Crippen LogP contribution in [-0.4, -0.2) is 45.8 Å². The molecule has 0 rings (SSSR count). The molecule has 0 atom stereocenters. The van der Waals surface area contributed by atoms with Gasteiger partial charge >= 0.3 is 0 Å². The van der Waals surface area contributed by atoms with Crippen LogP contribution in [0, 0.1) is 0 Å². The van der Waals surface area contributed by atoms with Crippen LogP contribution in [0.2, 0.25) is 0 Å². The van der Waals surface area contributed by atoms with Gasteiger partial charge in [-0.05, 0) is 14.0 Å². The molecule has 0 saturated heterocycles. The Morgan fingerprint density at radius 2 is 1.71 bits per heavy atom. The average molecular weight is 205 g/mol. The van der Waals surface area contributed by atoms with Crippen LogP contribution in [0.5, 0.6) is 0 Å². The van der Waals surface area contributed by atoms with E-state index in [4.69, 9.17) is 9.47 Å². The van der Waals surface area contributed by atoms with Gasteiger partial charge in [0, 0.05) is 6.54 Å². The highest BCUT2D eigenvalue weighted by Crippen LogP contribution is 1.78. The second-order valence-corrected chi connectivity index (χ2v) is 2.47. The van der Waals surface area contributed by atoms with Gasteiger partial charge in [0.2, 0.25) is 0 Å². The van der Waals surface area contributed by atoms with Gasteiger partial charge in [-0.2, -0.15) is 0 Å². The molecule has 0 bridgehead atoms. The molecule has 0 aliphatic heterocycles. The zero-order valence-corrected chi connectivity index (χ0v) is 9.76. The average Bonchev–Trinajstić information content (AvgIpc) is 2.19. The lowest BCUT2D eigenvalue weighted by atomic mass is 10.5. The van der Waals surface area contributed by atoms with E-state index in [2.05, 4.69) is 5.32 Å². The molecule has 0 aliphatic rings. The standard InChI is InChI=1S/C8H17NO3.C2H6/c1-8(10)7-12-6-5-11-4-3-9-2;1-2/h9H,3-7H2,1-2H3;1-2H3. The van der Waals surface area contributed by atoms with E-state index < -0.39 is 0 Å². The van der Waals surface area contributed by atoms with Gasteiger partial charge in [-0.3, -0.25) is 4.79 Å². The Hall–Kier alpha value is -0.450. The maximum atomic E-state index is 10.4. The van der Waals surface area contributed by atoms with Crippen molar-refractivity contribution in [3.8, 4) is 0 Å². The summed E-state index contributed by atoms with van der Waals surface area (Å²) in [6.07, 6.45) is 0. The lowest BCUT2D eigenvalue weighted by Crippen LogP contribution is -2.16. The number of ether oxygens (including phenoxy) is 2. The first-order valence-corrected chi connectivity index (χ1v) is 5.07. The van der Waals surface area contributed by atoms with Crippen LogP contribution in [0.4, 0.5) is 0 Å². The first kappa shape index (κ1) is 16.0. The molecule has 0 fully saturated rings. The fourth-order valence-corrected chi connectivity index (χ4v) is 0.610. The lowest BCUT2D eigenvalue weighted by molar-refractivity contribution is -0.121. The third kappa shape index (κ3) is 17.6. The number of hydrogen-bond donors (Lipinski definition) is 1. The molecule has 0 aromatic rings. The van der Waals surface area contributed by atoms with Crippen LogP contribution >= 0.6 is 0 Å². The smallest absolute Gasteiger partial charge is 0.155 e. The Labute approximate surface area is 87.0 Å². The summed E-state index contributed by atoms with van der Waals surface area (Å²) >= 11 is 0. The molecule has 4 nitrogen and oxygen atoms in total. The molecule has 0 heterocycles. The number of likely N-dealkylation sites (N-methyl/N-ethyl adjacent to an activating group) is 1. The number of ketones is 1. The molecule has 0 saturated carbocycles. The van der Waals surface area contributed by atoms with Crippen molar-refractivity contribution in [1.82, 2.24) is 5.32 Å². The van der Waals surface area contributed by atoms with Crippen molar-refractivity contribution in [2.24, 2.45) is 0 Å². The van der Waals surface area contributed by atoms with Crippen LogP contribution in [0.3, 0.4) is 0 Å². The van der Waals surface area contributed by atoms with E-state index in [1.807, 2.05) is 20.9 Å². The minimum Gasteiger partial charge on any atom is -0.378 e. The van der Waals surface area contributed by atoms with E-state index in [1.165, 1.54) is 6.92 Å². The normalized spacial score (nSPS) is 9.14. The summed E-state index contributed by atoms with van der Waals surface area (Å²) in [6.45, 7) is 8.25. The molecule has 0 spiro atoms. The molecule has 0 unspecified atom stereocenters. The molecule has 0 amide bonds. The van der Waals surface area contributed by atoms with E-state index in [1.54, 1.807) is 0 Å². The summed E-state index contributed by atoms with van der Waals surface area (Å²) in [4.78, 5) is 10.4. The Morgan fingerprint density at radius 1 is 1.14 bits per heavy atom. The Kier molecular flexibility index (Phi) is 17.2. The maximum absolute atomic E-state index is 10.4. The molecule has 0 aromatic carbocycles. The summed E-state index contributed by atoms with van der Waals surface area (Å²) in [5.41, 5.74) is 0. The Balaban J connectivity index is 0. The number of carbonyl (C=O) groups excluding carboxylic acids is 1. The van der Waals surface area contributed by atoms with E-state index in [0.717, 1.165) is 6.54 Å². The van der Waals surface area contributed by atoms with Crippen molar-refractivity contribution < 1.29 is 14.3 Å². The number of Topliss-reactive ketones (excluding diaryl/α,β-unsaturated/α-hetero) is 1. The molecule has 14 heavy (non-hydrogen) atoms. The molecule has 0 radical (unpaired) electrons. The van der Waals surface area contributed by atoms with E-state index >= 15 is 0 Å². The first-order valence-electron chi connectivity index (χ1n) is 5.07. The van der Waals surface area contributed by atoms with Gasteiger partial charge in [-0.25, -0.2) is 0 Å². The van der Waals surface area contributed by atoms with Gasteiger partial charge in [0.05, 0.1) is 19.8 Å². The summed E-state index contributed by atoms with van der Waals surface area (Å²) in [6, 6.07) is 0. The van der Waals surface area contributed by atoms with Crippen molar-refractivity contribution in [2.45, 2.75) is 20.8 Å². The fraction of sp³-hybridized carbons (Fsp3) is 0.900. The first-order chi connectivity index (χ1) is 6.77. The molecule has 0 aromatic heterocycles. The van der Waals surface area contributed by atoms with Gasteiger partial charge in [0.1, 0.15) is 6.61 Å². The predicted molar refractivity (Wildman–Crippen MR) is 57.6 cm³/mol. The zero-order chi connectivity index (χ0) is 11.2. The largest absolute Gasteiger partial charge is 0.378 e. The number of nitrogens with one attached hydrogen (secondary N) is 1. The molecular weight excluding hydrogens is 182 g/mol. The van der Waals surface area contributed by atoms with Gasteiger partial charge in [0.15, 0.2) is 5.78 Å². The maximum Gasteiger partial charge on any atom is 0.155 e. The quantitative estimate of drug-likeness (QED) is 0.597. The Bertz CT molecular complexity index is 118. The number of carbonyl (C=O) groups is 1. The van der Waals surface area contributed by atoms with Crippen molar-refractivity contribution in [1.29, 1.82) is 0 Å². The SMILES string of the molecule is CC.CNCCOCCOCC(C)=O. The van der Waals surface area contributed by atoms with Gasteiger partial charge < -0.3 is 14.8 Å². The highest BCUT2D eigenvalue weighted by Gasteiger charge is 1.92. The summed E-state index contributed by atoms with van der Waals surface area (Å²) in [5, 5.41) is 2.96. The summed E-state index contributed by atoms with van der Waals surface area (Å²) in [5.74, 6) is 0.0465. The monoisotopic (exact) mass is 205 g/mol. The van der Waals surface area contributed by atoms with Crippen molar-refractivity contribution in [2.75, 3.05) is 40.0 Å². The van der Waals surface area contributed by atoms with Crippen molar-refractivity contribution >= 4 is 5.78 Å². The van der Waals surface area contributed by atoms with E-state index in [9.17, 15) is 4.79 Å². The van der Waals surface area contributed by atoms with E-state index in [-0.39, 0.29) is 12.4 Å².